The summed E-state index contributed by atoms with van der Waals surface area (Å²) in [5, 5.41) is 1.29. The second kappa shape index (κ2) is 4.54. The van der Waals surface area contributed by atoms with Gasteiger partial charge in [0, 0.05) is 0 Å². The highest BCUT2D eigenvalue weighted by atomic mass is 35.5. The molecule has 0 radical (unpaired) electrons. The fraction of sp³-hybridized carbons (Fsp3) is 0.200. The van der Waals surface area contributed by atoms with Crippen molar-refractivity contribution >= 4 is 23.2 Å². The molecule has 0 aliphatic rings. The number of hydrogen-bond acceptors (Lipinski definition) is 0. The van der Waals surface area contributed by atoms with E-state index in [9.17, 15) is 0 Å². The fourth-order valence-corrected chi connectivity index (χ4v) is 1.41. The maximum Gasteiger partial charge on any atom is 0.0624 e. The number of allylic oxidation sites excluding steroid dienone is 1. The van der Waals surface area contributed by atoms with Crippen molar-refractivity contribution in [1.82, 2.24) is 0 Å². The molecule has 1 aromatic rings. The van der Waals surface area contributed by atoms with Crippen LogP contribution in [0.25, 0.3) is 0 Å². The fourth-order valence-electron chi connectivity index (χ4n) is 0.999. The SMILES string of the molecule is C=CCCc1cccc(Cl)c1Cl. The molecule has 0 saturated heterocycles. The molecule has 2 heteroatoms. The van der Waals surface area contributed by atoms with Gasteiger partial charge in [0.2, 0.25) is 0 Å². The number of hydrogen-bond donors (Lipinski definition) is 0. The molecular formula is C10H10Cl2. The van der Waals surface area contributed by atoms with Gasteiger partial charge in [-0.2, -0.15) is 0 Å². The van der Waals surface area contributed by atoms with Crippen molar-refractivity contribution in [3.8, 4) is 0 Å². The zero-order valence-corrected chi connectivity index (χ0v) is 8.20. The van der Waals surface area contributed by atoms with Crippen LogP contribution in [-0.4, -0.2) is 0 Å². The summed E-state index contributed by atoms with van der Waals surface area (Å²) in [5.74, 6) is 0. The molecule has 0 nitrogen and oxygen atoms in total. The minimum absolute atomic E-state index is 0.623. The van der Waals surface area contributed by atoms with Gasteiger partial charge >= 0.3 is 0 Å². The predicted molar refractivity (Wildman–Crippen MR) is 55.0 cm³/mol. The van der Waals surface area contributed by atoms with Gasteiger partial charge in [-0.25, -0.2) is 0 Å². The topological polar surface area (TPSA) is 0 Å². The van der Waals surface area contributed by atoms with Crippen LogP contribution in [0.3, 0.4) is 0 Å². The largest absolute Gasteiger partial charge is 0.103 e. The van der Waals surface area contributed by atoms with Crippen molar-refractivity contribution in [3.05, 3.63) is 46.5 Å². The number of halogens is 2. The molecule has 0 fully saturated rings. The third-order valence-corrected chi connectivity index (χ3v) is 2.51. The Hall–Kier alpha value is -0.460. The van der Waals surface area contributed by atoms with Crippen molar-refractivity contribution in [3.63, 3.8) is 0 Å². The number of benzene rings is 1. The Morgan fingerprint density at radius 3 is 2.75 bits per heavy atom. The molecule has 0 aliphatic carbocycles. The summed E-state index contributed by atoms with van der Waals surface area (Å²) in [5.41, 5.74) is 1.09. The third kappa shape index (κ3) is 2.26. The van der Waals surface area contributed by atoms with Crippen LogP contribution in [-0.2, 0) is 6.42 Å². The van der Waals surface area contributed by atoms with Crippen molar-refractivity contribution in [2.24, 2.45) is 0 Å². The van der Waals surface area contributed by atoms with Crippen LogP contribution >= 0.6 is 23.2 Å². The second-order valence-electron chi connectivity index (χ2n) is 2.54. The first-order chi connectivity index (χ1) is 5.75. The first-order valence-corrected chi connectivity index (χ1v) is 4.55. The van der Waals surface area contributed by atoms with Gasteiger partial charge in [0.05, 0.1) is 10.0 Å². The van der Waals surface area contributed by atoms with E-state index in [1.165, 1.54) is 0 Å². The van der Waals surface area contributed by atoms with E-state index >= 15 is 0 Å². The Labute approximate surface area is 82.8 Å². The molecule has 0 bridgehead atoms. The summed E-state index contributed by atoms with van der Waals surface area (Å²) in [6.45, 7) is 3.65. The molecule has 12 heavy (non-hydrogen) atoms. The average molecular weight is 201 g/mol. The van der Waals surface area contributed by atoms with E-state index in [-0.39, 0.29) is 0 Å². The minimum Gasteiger partial charge on any atom is -0.103 e. The molecule has 0 unspecified atom stereocenters. The Balaban J connectivity index is 2.84. The summed E-state index contributed by atoms with van der Waals surface area (Å²) in [6.07, 6.45) is 3.71. The highest BCUT2D eigenvalue weighted by molar-refractivity contribution is 6.42. The molecule has 0 amide bonds. The van der Waals surface area contributed by atoms with Crippen LogP contribution in [0.1, 0.15) is 12.0 Å². The van der Waals surface area contributed by atoms with Crippen LogP contribution in [0.15, 0.2) is 30.9 Å². The summed E-state index contributed by atoms with van der Waals surface area (Å²) in [6, 6.07) is 5.69. The lowest BCUT2D eigenvalue weighted by Gasteiger charge is -2.02. The minimum atomic E-state index is 0.623. The lowest BCUT2D eigenvalue weighted by atomic mass is 10.1. The van der Waals surface area contributed by atoms with Gasteiger partial charge in [0.15, 0.2) is 0 Å². The third-order valence-electron chi connectivity index (χ3n) is 1.65. The molecule has 0 spiro atoms. The predicted octanol–water partition coefficient (Wildman–Crippen LogP) is 4.11. The van der Waals surface area contributed by atoms with Gasteiger partial charge in [-0.3, -0.25) is 0 Å². The number of aryl methyl sites for hydroxylation is 1. The van der Waals surface area contributed by atoms with E-state index in [0.717, 1.165) is 18.4 Å². The lowest BCUT2D eigenvalue weighted by Crippen LogP contribution is -1.84. The Morgan fingerprint density at radius 2 is 2.08 bits per heavy atom. The van der Waals surface area contributed by atoms with Gasteiger partial charge < -0.3 is 0 Å². The van der Waals surface area contributed by atoms with Gasteiger partial charge in [-0.1, -0.05) is 41.4 Å². The van der Waals surface area contributed by atoms with Crippen LogP contribution in [0.2, 0.25) is 10.0 Å². The second-order valence-corrected chi connectivity index (χ2v) is 3.33. The maximum absolute atomic E-state index is 5.96. The smallest absolute Gasteiger partial charge is 0.0624 e. The quantitative estimate of drug-likeness (QED) is 0.645. The summed E-state index contributed by atoms with van der Waals surface area (Å²) >= 11 is 11.8. The maximum atomic E-state index is 5.96. The standard InChI is InChI=1S/C10H10Cl2/c1-2-3-5-8-6-4-7-9(11)10(8)12/h2,4,6-7H,1,3,5H2. The first-order valence-electron chi connectivity index (χ1n) is 3.79. The Morgan fingerprint density at radius 1 is 1.33 bits per heavy atom. The highest BCUT2D eigenvalue weighted by Gasteiger charge is 2.01. The van der Waals surface area contributed by atoms with Crippen LogP contribution < -0.4 is 0 Å². The molecule has 0 saturated carbocycles. The van der Waals surface area contributed by atoms with Crippen molar-refractivity contribution in [2.45, 2.75) is 12.8 Å². The lowest BCUT2D eigenvalue weighted by molar-refractivity contribution is 1.00. The summed E-state index contributed by atoms with van der Waals surface area (Å²) in [7, 11) is 0. The first kappa shape index (κ1) is 9.63. The Kier molecular flexibility index (Phi) is 3.64. The zero-order valence-electron chi connectivity index (χ0n) is 6.69. The molecule has 1 rings (SSSR count). The van der Waals surface area contributed by atoms with Gasteiger partial charge in [0.1, 0.15) is 0 Å². The molecule has 0 aliphatic heterocycles. The number of rotatable bonds is 3. The van der Waals surface area contributed by atoms with Crippen LogP contribution in [0.4, 0.5) is 0 Å². The van der Waals surface area contributed by atoms with Gasteiger partial charge in [0.25, 0.3) is 0 Å². The molecule has 0 N–H and O–H groups in total. The van der Waals surface area contributed by atoms with E-state index in [1.54, 1.807) is 6.07 Å². The molecule has 0 heterocycles. The van der Waals surface area contributed by atoms with Gasteiger partial charge in [-0.15, -0.1) is 6.58 Å². The summed E-state index contributed by atoms with van der Waals surface area (Å²) < 4.78 is 0. The van der Waals surface area contributed by atoms with Crippen LogP contribution in [0.5, 0.6) is 0 Å². The van der Waals surface area contributed by atoms with Crippen molar-refractivity contribution < 1.29 is 0 Å². The van der Waals surface area contributed by atoms with E-state index < -0.39 is 0 Å². The van der Waals surface area contributed by atoms with E-state index in [0.29, 0.717) is 10.0 Å². The molecule has 0 aromatic heterocycles. The zero-order chi connectivity index (χ0) is 8.97. The average Bonchev–Trinajstić information content (AvgIpc) is 2.08. The Bertz CT molecular complexity index is 279. The van der Waals surface area contributed by atoms with Gasteiger partial charge in [-0.05, 0) is 24.5 Å². The van der Waals surface area contributed by atoms with Crippen LogP contribution in [0, 0.1) is 0 Å². The normalized spacial score (nSPS) is 9.83. The van der Waals surface area contributed by atoms with E-state index in [2.05, 4.69) is 6.58 Å². The van der Waals surface area contributed by atoms with E-state index in [1.807, 2.05) is 18.2 Å². The monoisotopic (exact) mass is 200 g/mol. The van der Waals surface area contributed by atoms with Crippen molar-refractivity contribution in [2.75, 3.05) is 0 Å². The molecule has 64 valence electrons. The van der Waals surface area contributed by atoms with E-state index in [4.69, 9.17) is 23.2 Å². The molecule has 1 aromatic carbocycles. The highest BCUT2D eigenvalue weighted by Crippen LogP contribution is 2.26. The van der Waals surface area contributed by atoms with Crippen molar-refractivity contribution in [1.29, 1.82) is 0 Å². The molecule has 0 atom stereocenters. The summed E-state index contributed by atoms with van der Waals surface area (Å²) in [4.78, 5) is 0. The molecular weight excluding hydrogens is 191 g/mol.